The first-order valence-corrected chi connectivity index (χ1v) is 9.34. The Balaban J connectivity index is 1.53. The standard InChI is InChI=1S/C21H22FN5O/c1-13(2)20-25-19(26-27(20)18-5-3-4-17(22)9-18)21(28)24-10-14-6-7-15-11-23-12-16(15)8-14/h3-9,13,23H,10-12H2,1-2H3,(H,24,28). The summed E-state index contributed by atoms with van der Waals surface area (Å²) in [4.78, 5) is 17.0. The number of hydrogen-bond donors (Lipinski definition) is 2. The molecule has 0 spiro atoms. The van der Waals surface area contributed by atoms with Gasteiger partial charge in [0.2, 0.25) is 5.82 Å². The summed E-state index contributed by atoms with van der Waals surface area (Å²) >= 11 is 0. The molecule has 144 valence electrons. The first-order chi connectivity index (χ1) is 13.5. The molecule has 28 heavy (non-hydrogen) atoms. The summed E-state index contributed by atoms with van der Waals surface area (Å²) in [7, 11) is 0. The summed E-state index contributed by atoms with van der Waals surface area (Å²) in [5.74, 6) is 0.00662. The lowest BCUT2D eigenvalue weighted by Gasteiger charge is -2.07. The topological polar surface area (TPSA) is 71.8 Å². The van der Waals surface area contributed by atoms with E-state index in [4.69, 9.17) is 0 Å². The molecule has 6 nitrogen and oxygen atoms in total. The molecule has 0 saturated heterocycles. The number of fused-ring (bicyclic) bond motifs is 1. The van der Waals surface area contributed by atoms with Crippen molar-refractivity contribution in [3.05, 3.63) is 76.6 Å². The van der Waals surface area contributed by atoms with Crippen LogP contribution in [0.1, 0.15) is 52.9 Å². The highest BCUT2D eigenvalue weighted by atomic mass is 19.1. The van der Waals surface area contributed by atoms with E-state index in [0.29, 0.717) is 18.1 Å². The second-order valence-corrected chi connectivity index (χ2v) is 7.23. The summed E-state index contributed by atoms with van der Waals surface area (Å²) in [6.45, 7) is 6.06. The van der Waals surface area contributed by atoms with Crippen LogP contribution in [0.5, 0.6) is 0 Å². The maximum absolute atomic E-state index is 13.6. The maximum atomic E-state index is 13.6. The first-order valence-electron chi connectivity index (χ1n) is 9.34. The second-order valence-electron chi connectivity index (χ2n) is 7.23. The molecule has 0 radical (unpaired) electrons. The van der Waals surface area contributed by atoms with Crippen molar-refractivity contribution in [1.29, 1.82) is 0 Å². The molecule has 1 amide bonds. The highest BCUT2D eigenvalue weighted by molar-refractivity contribution is 5.90. The largest absolute Gasteiger partial charge is 0.345 e. The molecule has 0 fully saturated rings. The third-order valence-corrected chi connectivity index (χ3v) is 4.76. The van der Waals surface area contributed by atoms with Gasteiger partial charge in [-0.25, -0.2) is 14.1 Å². The van der Waals surface area contributed by atoms with Crippen molar-refractivity contribution in [2.45, 2.75) is 39.4 Å². The van der Waals surface area contributed by atoms with Crippen LogP contribution in [0.2, 0.25) is 0 Å². The zero-order valence-electron chi connectivity index (χ0n) is 15.9. The molecule has 1 aliphatic heterocycles. The fourth-order valence-electron chi connectivity index (χ4n) is 3.31. The Morgan fingerprint density at radius 1 is 1.21 bits per heavy atom. The van der Waals surface area contributed by atoms with Crippen LogP contribution in [0, 0.1) is 5.82 Å². The van der Waals surface area contributed by atoms with Crippen LogP contribution in [-0.2, 0) is 19.6 Å². The van der Waals surface area contributed by atoms with Crippen LogP contribution in [0.4, 0.5) is 4.39 Å². The molecule has 4 rings (SSSR count). The van der Waals surface area contributed by atoms with E-state index in [1.807, 2.05) is 19.9 Å². The number of hydrogen-bond acceptors (Lipinski definition) is 4. The Bertz CT molecular complexity index is 1030. The predicted molar refractivity (Wildman–Crippen MR) is 104 cm³/mol. The van der Waals surface area contributed by atoms with E-state index in [1.165, 1.54) is 27.9 Å². The molecule has 7 heteroatoms. The number of nitrogens with zero attached hydrogens (tertiary/aromatic N) is 3. The predicted octanol–water partition coefficient (Wildman–Crippen LogP) is 3.06. The number of amides is 1. The van der Waals surface area contributed by atoms with E-state index < -0.39 is 0 Å². The van der Waals surface area contributed by atoms with Gasteiger partial charge in [0.05, 0.1) is 5.69 Å². The Morgan fingerprint density at radius 2 is 2.04 bits per heavy atom. The van der Waals surface area contributed by atoms with E-state index in [1.54, 1.807) is 12.1 Å². The molecule has 1 aliphatic rings. The van der Waals surface area contributed by atoms with E-state index in [-0.39, 0.29) is 23.5 Å². The van der Waals surface area contributed by atoms with Crippen molar-refractivity contribution in [2.24, 2.45) is 0 Å². The average Bonchev–Trinajstić information content (AvgIpc) is 3.32. The maximum Gasteiger partial charge on any atom is 0.291 e. The molecule has 0 saturated carbocycles. The summed E-state index contributed by atoms with van der Waals surface area (Å²) in [5, 5.41) is 10.5. The Morgan fingerprint density at radius 3 is 2.82 bits per heavy atom. The lowest BCUT2D eigenvalue weighted by Crippen LogP contribution is -2.24. The molecule has 3 aromatic rings. The van der Waals surface area contributed by atoms with Gasteiger partial charge < -0.3 is 10.6 Å². The highest BCUT2D eigenvalue weighted by Gasteiger charge is 2.20. The van der Waals surface area contributed by atoms with Gasteiger partial charge in [-0.3, -0.25) is 4.79 Å². The van der Waals surface area contributed by atoms with Crippen molar-refractivity contribution < 1.29 is 9.18 Å². The first kappa shape index (κ1) is 18.3. The summed E-state index contributed by atoms with van der Waals surface area (Å²) < 4.78 is 15.1. The normalized spacial score (nSPS) is 13.0. The number of rotatable bonds is 5. The summed E-state index contributed by atoms with van der Waals surface area (Å²) in [6, 6.07) is 12.3. The average molecular weight is 379 g/mol. The molecule has 2 heterocycles. The minimum Gasteiger partial charge on any atom is -0.345 e. The monoisotopic (exact) mass is 379 g/mol. The fraction of sp³-hybridized carbons (Fsp3) is 0.286. The molecular formula is C21H22FN5O. The van der Waals surface area contributed by atoms with Gasteiger partial charge in [0.25, 0.3) is 5.91 Å². The summed E-state index contributed by atoms with van der Waals surface area (Å²) in [6.07, 6.45) is 0. The van der Waals surface area contributed by atoms with Crippen molar-refractivity contribution >= 4 is 5.91 Å². The number of aromatic nitrogens is 3. The molecule has 2 N–H and O–H groups in total. The van der Waals surface area contributed by atoms with Gasteiger partial charge in [-0.1, -0.05) is 38.1 Å². The van der Waals surface area contributed by atoms with Gasteiger partial charge in [0.1, 0.15) is 11.6 Å². The van der Waals surface area contributed by atoms with Crippen LogP contribution >= 0.6 is 0 Å². The number of benzene rings is 2. The summed E-state index contributed by atoms with van der Waals surface area (Å²) in [5.41, 5.74) is 4.14. The molecule has 0 aliphatic carbocycles. The van der Waals surface area contributed by atoms with Crippen LogP contribution in [0.25, 0.3) is 5.69 Å². The van der Waals surface area contributed by atoms with E-state index >= 15 is 0 Å². The second kappa shape index (κ2) is 7.52. The minimum absolute atomic E-state index is 0.0292. The number of nitrogens with one attached hydrogen (secondary N) is 2. The third-order valence-electron chi connectivity index (χ3n) is 4.76. The van der Waals surface area contributed by atoms with Gasteiger partial charge in [0.15, 0.2) is 0 Å². The van der Waals surface area contributed by atoms with Gasteiger partial charge in [0, 0.05) is 25.6 Å². The molecule has 0 bridgehead atoms. The van der Waals surface area contributed by atoms with Gasteiger partial charge in [-0.15, -0.1) is 5.10 Å². The Labute approximate surface area is 162 Å². The lowest BCUT2D eigenvalue weighted by atomic mass is 10.1. The van der Waals surface area contributed by atoms with Crippen molar-refractivity contribution in [3.8, 4) is 5.69 Å². The number of carbonyl (C=O) groups is 1. The highest BCUT2D eigenvalue weighted by Crippen LogP contribution is 2.19. The fourth-order valence-corrected chi connectivity index (χ4v) is 3.31. The van der Waals surface area contributed by atoms with Crippen LogP contribution in [-0.4, -0.2) is 20.7 Å². The van der Waals surface area contributed by atoms with Gasteiger partial charge >= 0.3 is 0 Å². The quantitative estimate of drug-likeness (QED) is 0.715. The third kappa shape index (κ3) is 3.66. The van der Waals surface area contributed by atoms with E-state index in [2.05, 4.69) is 32.8 Å². The van der Waals surface area contributed by atoms with Gasteiger partial charge in [-0.05, 0) is 34.9 Å². The molecule has 0 unspecified atom stereocenters. The molecule has 2 aromatic carbocycles. The van der Waals surface area contributed by atoms with Crippen LogP contribution in [0.15, 0.2) is 42.5 Å². The SMILES string of the molecule is CC(C)c1nc(C(=O)NCc2ccc3c(c2)CNC3)nn1-c1cccc(F)c1. The minimum atomic E-state index is -0.361. The number of carbonyl (C=O) groups excluding carboxylic acids is 1. The van der Waals surface area contributed by atoms with Crippen LogP contribution in [0.3, 0.4) is 0 Å². The van der Waals surface area contributed by atoms with Crippen molar-refractivity contribution in [1.82, 2.24) is 25.4 Å². The number of halogens is 1. The zero-order chi connectivity index (χ0) is 19.7. The lowest BCUT2D eigenvalue weighted by molar-refractivity contribution is 0.0940. The smallest absolute Gasteiger partial charge is 0.291 e. The van der Waals surface area contributed by atoms with Crippen molar-refractivity contribution in [2.75, 3.05) is 0 Å². The zero-order valence-corrected chi connectivity index (χ0v) is 15.9. The van der Waals surface area contributed by atoms with E-state index in [0.717, 1.165) is 18.7 Å². The molecular weight excluding hydrogens is 357 g/mol. The Kier molecular flexibility index (Phi) is 4.92. The van der Waals surface area contributed by atoms with E-state index in [9.17, 15) is 9.18 Å². The Hall–Kier alpha value is -3.06. The van der Waals surface area contributed by atoms with Gasteiger partial charge in [-0.2, -0.15) is 0 Å². The molecule has 1 aromatic heterocycles. The van der Waals surface area contributed by atoms with Crippen molar-refractivity contribution in [3.63, 3.8) is 0 Å². The van der Waals surface area contributed by atoms with Crippen LogP contribution < -0.4 is 10.6 Å². The molecule has 0 atom stereocenters.